The topological polar surface area (TPSA) is 89.4 Å². The summed E-state index contributed by atoms with van der Waals surface area (Å²) in [5.74, 6) is 1.36. The Morgan fingerprint density at radius 3 is 2.46 bits per heavy atom. The maximum absolute atomic E-state index is 12.4. The minimum atomic E-state index is -0.0177. The van der Waals surface area contributed by atoms with Gasteiger partial charge in [0, 0.05) is 23.7 Å². The van der Waals surface area contributed by atoms with Crippen molar-refractivity contribution in [2.24, 2.45) is 0 Å². The summed E-state index contributed by atoms with van der Waals surface area (Å²) in [7, 11) is 0. The van der Waals surface area contributed by atoms with Gasteiger partial charge in [0.05, 0.1) is 6.54 Å². The van der Waals surface area contributed by atoms with Crippen LogP contribution in [0.3, 0.4) is 0 Å². The Kier molecular flexibility index (Phi) is 4.80. The molecule has 0 aliphatic heterocycles. The van der Waals surface area contributed by atoms with Gasteiger partial charge in [0.25, 0.3) is 5.56 Å². The zero-order valence-corrected chi connectivity index (χ0v) is 15.8. The molecular weight excluding hydrogens is 352 g/mol. The first-order chi connectivity index (χ1) is 13.7. The SMILES string of the molecule is CCc1nc(C)cc(=O)n1Cc1ccc(-c2ccccc2-c2nn[nH]n2)cc1. The first-order valence-electron chi connectivity index (χ1n) is 9.15. The van der Waals surface area contributed by atoms with Crippen molar-refractivity contribution in [3.05, 3.63) is 82.0 Å². The summed E-state index contributed by atoms with van der Waals surface area (Å²) in [6, 6.07) is 17.7. The van der Waals surface area contributed by atoms with Crippen LogP contribution in [0.1, 0.15) is 24.0 Å². The van der Waals surface area contributed by atoms with Gasteiger partial charge in [-0.2, -0.15) is 5.21 Å². The second-order valence-corrected chi connectivity index (χ2v) is 6.57. The Hall–Kier alpha value is -3.61. The second-order valence-electron chi connectivity index (χ2n) is 6.57. The maximum atomic E-state index is 12.4. The van der Waals surface area contributed by atoms with Crippen molar-refractivity contribution in [2.45, 2.75) is 26.8 Å². The van der Waals surface area contributed by atoms with Gasteiger partial charge in [-0.1, -0.05) is 55.5 Å². The fourth-order valence-corrected chi connectivity index (χ4v) is 3.30. The number of hydrogen-bond acceptors (Lipinski definition) is 5. The molecule has 2 aromatic heterocycles. The molecule has 0 radical (unpaired) electrons. The normalized spacial score (nSPS) is 10.9. The van der Waals surface area contributed by atoms with Gasteiger partial charge >= 0.3 is 0 Å². The second kappa shape index (κ2) is 7.56. The Balaban J connectivity index is 1.66. The van der Waals surface area contributed by atoms with Gasteiger partial charge in [-0.15, -0.1) is 10.2 Å². The smallest absolute Gasteiger partial charge is 0.254 e. The van der Waals surface area contributed by atoms with Crippen molar-refractivity contribution in [3.63, 3.8) is 0 Å². The number of aromatic amines is 1. The molecule has 0 saturated heterocycles. The van der Waals surface area contributed by atoms with E-state index >= 15 is 0 Å². The number of rotatable bonds is 5. The summed E-state index contributed by atoms with van der Waals surface area (Å²) in [6.07, 6.45) is 0.715. The van der Waals surface area contributed by atoms with E-state index in [2.05, 4.69) is 25.6 Å². The number of aromatic nitrogens is 6. The van der Waals surface area contributed by atoms with E-state index in [9.17, 15) is 4.79 Å². The Morgan fingerprint density at radius 2 is 1.79 bits per heavy atom. The molecule has 0 saturated carbocycles. The Bertz CT molecular complexity index is 1150. The third kappa shape index (κ3) is 3.46. The highest BCUT2D eigenvalue weighted by Gasteiger charge is 2.11. The molecule has 1 N–H and O–H groups in total. The van der Waals surface area contributed by atoms with E-state index in [0.717, 1.165) is 33.8 Å². The van der Waals surface area contributed by atoms with Gasteiger partial charge in [0.1, 0.15) is 5.82 Å². The van der Waals surface area contributed by atoms with E-state index < -0.39 is 0 Å². The van der Waals surface area contributed by atoms with E-state index in [1.54, 1.807) is 10.6 Å². The Morgan fingerprint density at radius 1 is 1.04 bits per heavy atom. The lowest BCUT2D eigenvalue weighted by Gasteiger charge is -2.12. The number of tetrazole rings is 1. The fourth-order valence-electron chi connectivity index (χ4n) is 3.30. The van der Waals surface area contributed by atoms with Gasteiger partial charge in [-0.25, -0.2) is 4.98 Å². The number of aryl methyl sites for hydroxylation is 2. The zero-order chi connectivity index (χ0) is 19.5. The number of hydrogen-bond donors (Lipinski definition) is 1. The summed E-state index contributed by atoms with van der Waals surface area (Å²) < 4.78 is 1.73. The van der Waals surface area contributed by atoms with Crippen molar-refractivity contribution in [3.8, 4) is 22.5 Å². The molecule has 140 valence electrons. The van der Waals surface area contributed by atoms with Crippen LogP contribution in [-0.4, -0.2) is 30.2 Å². The van der Waals surface area contributed by atoms with Crippen molar-refractivity contribution < 1.29 is 0 Å². The third-order valence-corrected chi connectivity index (χ3v) is 4.65. The Labute approximate surface area is 162 Å². The molecule has 28 heavy (non-hydrogen) atoms. The molecule has 0 atom stereocenters. The van der Waals surface area contributed by atoms with Crippen LogP contribution in [0.4, 0.5) is 0 Å². The molecular formula is C21H20N6O. The maximum Gasteiger partial charge on any atom is 0.254 e. The lowest BCUT2D eigenvalue weighted by molar-refractivity contribution is 0.669. The zero-order valence-electron chi connectivity index (χ0n) is 15.8. The minimum Gasteiger partial charge on any atom is -0.292 e. The van der Waals surface area contributed by atoms with Crippen LogP contribution in [0.5, 0.6) is 0 Å². The molecule has 4 aromatic rings. The van der Waals surface area contributed by atoms with E-state index in [-0.39, 0.29) is 5.56 Å². The lowest BCUT2D eigenvalue weighted by atomic mass is 9.98. The number of nitrogens with zero attached hydrogens (tertiary/aromatic N) is 5. The van der Waals surface area contributed by atoms with E-state index in [0.29, 0.717) is 18.8 Å². The van der Waals surface area contributed by atoms with Crippen molar-refractivity contribution in [1.29, 1.82) is 0 Å². The summed E-state index contributed by atoms with van der Waals surface area (Å²) in [5, 5.41) is 14.3. The summed E-state index contributed by atoms with van der Waals surface area (Å²) in [5.41, 5.74) is 4.77. The van der Waals surface area contributed by atoms with Gasteiger partial charge in [-0.05, 0) is 28.8 Å². The molecule has 7 heteroatoms. The first-order valence-corrected chi connectivity index (χ1v) is 9.15. The third-order valence-electron chi connectivity index (χ3n) is 4.65. The first kappa shape index (κ1) is 17.8. The number of benzene rings is 2. The molecule has 2 aromatic carbocycles. The van der Waals surface area contributed by atoms with Gasteiger partial charge in [0.2, 0.25) is 5.82 Å². The molecule has 7 nitrogen and oxygen atoms in total. The standard InChI is InChI=1S/C21H20N6O/c1-3-19-22-14(2)12-20(28)27(19)13-15-8-10-16(11-9-15)17-6-4-5-7-18(17)21-23-25-26-24-21/h4-12H,3,13H2,1-2H3,(H,23,24,25,26). The molecule has 0 bridgehead atoms. The average Bonchev–Trinajstić information content (AvgIpc) is 3.25. The predicted molar refractivity (Wildman–Crippen MR) is 107 cm³/mol. The van der Waals surface area contributed by atoms with Crippen LogP contribution < -0.4 is 5.56 Å². The molecule has 0 spiro atoms. The van der Waals surface area contributed by atoms with Crippen LogP contribution in [0.2, 0.25) is 0 Å². The minimum absolute atomic E-state index is 0.0177. The van der Waals surface area contributed by atoms with Crippen LogP contribution in [0.25, 0.3) is 22.5 Å². The van der Waals surface area contributed by atoms with Gasteiger partial charge in [0.15, 0.2) is 0 Å². The molecule has 2 heterocycles. The lowest BCUT2D eigenvalue weighted by Crippen LogP contribution is -2.25. The van der Waals surface area contributed by atoms with Crippen molar-refractivity contribution in [1.82, 2.24) is 30.2 Å². The van der Waals surface area contributed by atoms with E-state index in [4.69, 9.17) is 0 Å². The summed E-state index contributed by atoms with van der Waals surface area (Å²) in [4.78, 5) is 16.9. The van der Waals surface area contributed by atoms with E-state index in [1.165, 1.54) is 0 Å². The highest BCUT2D eigenvalue weighted by Crippen LogP contribution is 2.29. The van der Waals surface area contributed by atoms with Crippen LogP contribution in [0, 0.1) is 6.92 Å². The monoisotopic (exact) mass is 372 g/mol. The molecule has 0 fully saturated rings. The average molecular weight is 372 g/mol. The highest BCUT2D eigenvalue weighted by molar-refractivity contribution is 5.80. The quantitative estimate of drug-likeness (QED) is 0.582. The van der Waals surface area contributed by atoms with Gasteiger partial charge < -0.3 is 0 Å². The fraction of sp³-hybridized carbons (Fsp3) is 0.190. The molecule has 4 rings (SSSR count). The van der Waals surface area contributed by atoms with Crippen LogP contribution >= 0.6 is 0 Å². The van der Waals surface area contributed by atoms with Crippen LogP contribution in [0.15, 0.2) is 59.4 Å². The molecule has 0 aliphatic carbocycles. The van der Waals surface area contributed by atoms with Crippen molar-refractivity contribution >= 4 is 0 Å². The molecule has 0 unspecified atom stereocenters. The number of nitrogens with one attached hydrogen (secondary N) is 1. The predicted octanol–water partition coefficient (Wildman–Crippen LogP) is 3.01. The van der Waals surface area contributed by atoms with Crippen molar-refractivity contribution in [2.75, 3.05) is 0 Å². The largest absolute Gasteiger partial charge is 0.292 e. The summed E-state index contributed by atoms with van der Waals surface area (Å²) in [6.45, 7) is 4.36. The van der Waals surface area contributed by atoms with E-state index in [1.807, 2.05) is 62.4 Å². The summed E-state index contributed by atoms with van der Waals surface area (Å²) >= 11 is 0. The highest BCUT2D eigenvalue weighted by atomic mass is 16.1. The van der Waals surface area contributed by atoms with Crippen LogP contribution in [-0.2, 0) is 13.0 Å². The number of H-pyrrole nitrogens is 1. The molecule has 0 amide bonds. The molecule has 0 aliphatic rings. The van der Waals surface area contributed by atoms with Gasteiger partial charge in [-0.3, -0.25) is 9.36 Å².